The molecule has 0 radical (unpaired) electrons. The largest absolute Gasteiger partial charge is 0.497 e. The van der Waals surface area contributed by atoms with Crippen LogP contribution in [0.25, 0.3) is 6.08 Å². The second-order valence-electron chi connectivity index (χ2n) is 5.32. The van der Waals surface area contributed by atoms with Gasteiger partial charge in [-0.3, -0.25) is 4.79 Å². The van der Waals surface area contributed by atoms with E-state index in [9.17, 15) is 9.59 Å². The lowest BCUT2D eigenvalue weighted by Gasteiger charge is -2.12. The first-order chi connectivity index (χ1) is 12.1. The fraction of sp³-hybridized carbons (Fsp3) is 0.263. The molecule has 1 atom stereocenters. The lowest BCUT2D eigenvalue weighted by molar-refractivity contribution is -0.150. The molecule has 6 heteroatoms. The van der Waals surface area contributed by atoms with Crippen LogP contribution >= 0.6 is 11.3 Å². The molecule has 0 aliphatic carbocycles. The molecule has 5 nitrogen and oxygen atoms in total. The van der Waals surface area contributed by atoms with Crippen LogP contribution in [-0.4, -0.2) is 31.6 Å². The van der Waals surface area contributed by atoms with Crippen molar-refractivity contribution in [3.8, 4) is 5.75 Å². The minimum Gasteiger partial charge on any atom is -0.497 e. The highest BCUT2D eigenvalue weighted by Crippen LogP contribution is 2.12. The summed E-state index contributed by atoms with van der Waals surface area (Å²) in [5.74, 6) is -0.0542. The number of hydrogen-bond acceptors (Lipinski definition) is 5. The zero-order valence-corrected chi connectivity index (χ0v) is 15.0. The van der Waals surface area contributed by atoms with E-state index in [1.54, 1.807) is 20.1 Å². The average molecular weight is 359 g/mol. The fourth-order valence-corrected chi connectivity index (χ4v) is 2.69. The molecular formula is C19H21NO4S. The standard InChI is InChI=1S/C19H21NO4S/c1-14(24-18(21)10-9-17-4-3-13-25-17)19(22)20-12-11-15-5-7-16(23-2)8-6-15/h3-10,13-14H,11-12H2,1-2H3,(H,20,22)/b10-9+/t14-/m0/s1. The number of esters is 1. The lowest BCUT2D eigenvalue weighted by atomic mass is 10.1. The third-order valence-corrected chi connectivity index (χ3v) is 4.30. The quantitative estimate of drug-likeness (QED) is 0.581. The van der Waals surface area contributed by atoms with Gasteiger partial charge in [0.1, 0.15) is 5.75 Å². The van der Waals surface area contributed by atoms with Crippen LogP contribution in [0, 0.1) is 0 Å². The summed E-state index contributed by atoms with van der Waals surface area (Å²) in [6, 6.07) is 11.4. The van der Waals surface area contributed by atoms with Gasteiger partial charge in [-0.2, -0.15) is 0 Å². The molecule has 1 aromatic carbocycles. The fourth-order valence-electron chi connectivity index (χ4n) is 2.07. The van der Waals surface area contributed by atoms with Crippen LogP contribution in [0.5, 0.6) is 5.75 Å². The lowest BCUT2D eigenvalue weighted by Crippen LogP contribution is -2.36. The van der Waals surface area contributed by atoms with Crippen LogP contribution in [0.15, 0.2) is 47.9 Å². The maximum atomic E-state index is 12.0. The summed E-state index contributed by atoms with van der Waals surface area (Å²) in [5, 5.41) is 4.69. The molecular weight excluding hydrogens is 338 g/mol. The molecule has 1 amide bonds. The number of nitrogens with one attached hydrogen (secondary N) is 1. The minimum absolute atomic E-state index is 0.314. The number of carbonyl (C=O) groups excluding carboxylic acids is 2. The van der Waals surface area contributed by atoms with E-state index in [2.05, 4.69) is 5.32 Å². The monoisotopic (exact) mass is 359 g/mol. The Morgan fingerprint density at radius 2 is 2.00 bits per heavy atom. The first kappa shape index (κ1) is 18.7. The van der Waals surface area contributed by atoms with Crippen molar-refractivity contribution < 1.29 is 19.1 Å². The van der Waals surface area contributed by atoms with E-state index < -0.39 is 12.1 Å². The smallest absolute Gasteiger partial charge is 0.331 e. The summed E-state index contributed by atoms with van der Waals surface area (Å²) in [6.07, 6.45) is 2.85. The van der Waals surface area contributed by atoms with Crippen LogP contribution < -0.4 is 10.1 Å². The molecule has 0 spiro atoms. The van der Waals surface area contributed by atoms with Crippen molar-refractivity contribution in [1.29, 1.82) is 0 Å². The van der Waals surface area contributed by atoms with Gasteiger partial charge in [0.05, 0.1) is 7.11 Å². The molecule has 0 unspecified atom stereocenters. The Morgan fingerprint density at radius 3 is 2.64 bits per heavy atom. The molecule has 0 fully saturated rings. The third-order valence-electron chi connectivity index (χ3n) is 3.46. The molecule has 0 aliphatic rings. The topological polar surface area (TPSA) is 64.6 Å². The van der Waals surface area contributed by atoms with Crippen molar-refractivity contribution in [2.75, 3.05) is 13.7 Å². The molecule has 0 aliphatic heterocycles. The number of benzene rings is 1. The third kappa shape index (κ3) is 6.43. The Balaban J connectivity index is 1.71. The molecule has 0 bridgehead atoms. The summed E-state index contributed by atoms with van der Waals surface area (Å²) >= 11 is 1.52. The van der Waals surface area contributed by atoms with Gasteiger partial charge in [-0.1, -0.05) is 18.2 Å². The number of hydrogen-bond donors (Lipinski definition) is 1. The maximum Gasteiger partial charge on any atom is 0.331 e. The normalized spacial score (nSPS) is 11.9. The Labute approximate surface area is 151 Å². The highest BCUT2D eigenvalue weighted by molar-refractivity contribution is 7.10. The minimum atomic E-state index is -0.837. The summed E-state index contributed by atoms with van der Waals surface area (Å²) in [7, 11) is 1.62. The Bertz CT molecular complexity index is 708. The SMILES string of the molecule is COc1ccc(CCNC(=O)[C@H](C)OC(=O)/C=C/c2cccs2)cc1. The average Bonchev–Trinajstić information content (AvgIpc) is 3.14. The summed E-state index contributed by atoms with van der Waals surface area (Å²) < 4.78 is 10.2. The predicted molar refractivity (Wildman–Crippen MR) is 98.6 cm³/mol. The highest BCUT2D eigenvalue weighted by Gasteiger charge is 2.15. The van der Waals surface area contributed by atoms with E-state index in [-0.39, 0.29) is 5.91 Å². The first-order valence-electron chi connectivity index (χ1n) is 7.91. The van der Waals surface area contributed by atoms with E-state index >= 15 is 0 Å². The van der Waals surface area contributed by atoms with Crippen LogP contribution in [0.1, 0.15) is 17.4 Å². The van der Waals surface area contributed by atoms with E-state index in [0.717, 1.165) is 16.2 Å². The highest BCUT2D eigenvalue weighted by atomic mass is 32.1. The van der Waals surface area contributed by atoms with Crippen LogP contribution in [-0.2, 0) is 20.7 Å². The van der Waals surface area contributed by atoms with Gasteiger partial charge in [-0.25, -0.2) is 4.79 Å². The van der Waals surface area contributed by atoms with Gasteiger partial charge in [-0.15, -0.1) is 11.3 Å². The van der Waals surface area contributed by atoms with Gasteiger partial charge in [0.2, 0.25) is 0 Å². The zero-order chi connectivity index (χ0) is 18.1. The molecule has 2 rings (SSSR count). The zero-order valence-electron chi connectivity index (χ0n) is 14.2. The molecule has 1 N–H and O–H groups in total. The number of thiophene rings is 1. The number of amides is 1. The van der Waals surface area contributed by atoms with Crippen molar-refractivity contribution in [3.05, 3.63) is 58.3 Å². The van der Waals surface area contributed by atoms with E-state index in [1.807, 2.05) is 41.8 Å². The Kier molecular flexibility index (Phi) is 7.22. The number of rotatable bonds is 8. The Morgan fingerprint density at radius 1 is 1.24 bits per heavy atom. The van der Waals surface area contributed by atoms with Gasteiger partial charge >= 0.3 is 5.97 Å². The number of carbonyl (C=O) groups is 2. The van der Waals surface area contributed by atoms with Crippen molar-refractivity contribution in [2.45, 2.75) is 19.4 Å². The molecule has 1 aromatic heterocycles. The predicted octanol–water partition coefficient (Wildman–Crippen LogP) is 3.06. The van der Waals surface area contributed by atoms with Gasteiger partial charge in [0.25, 0.3) is 5.91 Å². The molecule has 1 heterocycles. The van der Waals surface area contributed by atoms with Gasteiger partial charge in [-0.05, 0) is 48.6 Å². The van der Waals surface area contributed by atoms with Crippen molar-refractivity contribution in [3.63, 3.8) is 0 Å². The molecule has 25 heavy (non-hydrogen) atoms. The van der Waals surface area contributed by atoms with Crippen molar-refractivity contribution in [1.82, 2.24) is 5.32 Å². The molecule has 2 aromatic rings. The van der Waals surface area contributed by atoms with Crippen LogP contribution in [0.3, 0.4) is 0 Å². The Hall–Kier alpha value is -2.60. The number of methoxy groups -OCH3 is 1. The second kappa shape index (κ2) is 9.64. The van der Waals surface area contributed by atoms with E-state index in [1.165, 1.54) is 17.4 Å². The molecule has 0 saturated heterocycles. The van der Waals surface area contributed by atoms with Gasteiger partial charge in [0, 0.05) is 17.5 Å². The maximum absolute atomic E-state index is 12.0. The number of ether oxygens (including phenoxy) is 2. The molecule has 132 valence electrons. The van der Waals surface area contributed by atoms with E-state index in [4.69, 9.17) is 9.47 Å². The summed E-state index contributed by atoms with van der Waals surface area (Å²) in [6.45, 7) is 2.03. The summed E-state index contributed by atoms with van der Waals surface area (Å²) in [5.41, 5.74) is 1.09. The molecule has 0 saturated carbocycles. The summed E-state index contributed by atoms with van der Waals surface area (Å²) in [4.78, 5) is 24.6. The van der Waals surface area contributed by atoms with Crippen LogP contribution in [0.4, 0.5) is 0 Å². The van der Waals surface area contributed by atoms with Crippen molar-refractivity contribution in [2.24, 2.45) is 0 Å². The first-order valence-corrected chi connectivity index (χ1v) is 8.79. The van der Waals surface area contributed by atoms with Crippen LogP contribution in [0.2, 0.25) is 0 Å². The van der Waals surface area contributed by atoms with Gasteiger partial charge in [0.15, 0.2) is 6.10 Å². The second-order valence-corrected chi connectivity index (χ2v) is 6.30. The van der Waals surface area contributed by atoms with E-state index in [0.29, 0.717) is 13.0 Å². The van der Waals surface area contributed by atoms with Crippen molar-refractivity contribution >= 4 is 29.3 Å². The van der Waals surface area contributed by atoms with Gasteiger partial charge < -0.3 is 14.8 Å².